The maximum Gasteiger partial charge on any atom is 0.419 e. The molecule has 1 amide bonds. The van der Waals surface area contributed by atoms with Gasteiger partial charge in [0.05, 0.1) is 48.5 Å². The highest BCUT2D eigenvalue weighted by molar-refractivity contribution is 6.34. The number of nitrogens with two attached hydrogens (primary N) is 1. The quantitative estimate of drug-likeness (QED) is 0.349. The molecule has 0 fully saturated rings. The van der Waals surface area contributed by atoms with Crippen molar-refractivity contribution >= 4 is 29.0 Å². The van der Waals surface area contributed by atoms with Crippen LogP contribution < -0.4 is 20.7 Å². The van der Waals surface area contributed by atoms with E-state index in [2.05, 4.69) is 20.4 Å². The topological polar surface area (TPSA) is 120 Å². The first-order valence-electron chi connectivity index (χ1n) is 12.1. The van der Waals surface area contributed by atoms with Crippen LogP contribution in [-0.4, -0.2) is 46.4 Å². The molecule has 214 valence electrons. The zero-order valence-electron chi connectivity index (χ0n) is 21.2. The largest absolute Gasteiger partial charge is 0.467 e. The highest BCUT2D eigenvalue weighted by Gasteiger charge is 2.43. The number of rotatable bonds is 4. The van der Waals surface area contributed by atoms with Gasteiger partial charge in [-0.2, -0.15) is 28.2 Å². The predicted octanol–water partition coefficient (Wildman–Crippen LogP) is 3.80. The van der Waals surface area contributed by atoms with E-state index in [4.69, 9.17) is 26.8 Å². The number of carbonyl (C=O) groups is 1. The number of alkyl halides is 3. The Balaban J connectivity index is 1.55. The summed E-state index contributed by atoms with van der Waals surface area (Å²) in [5.74, 6) is -3.19. The van der Waals surface area contributed by atoms with Crippen molar-refractivity contribution in [2.75, 3.05) is 31.3 Å². The van der Waals surface area contributed by atoms with Gasteiger partial charge in [-0.1, -0.05) is 11.6 Å². The summed E-state index contributed by atoms with van der Waals surface area (Å²) >= 11 is 6.50. The van der Waals surface area contributed by atoms with E-state index in [9.17, 15) is 26.7 Å². The summed E-state index contributed by atoms with van der Waals surface area (Å²) in [6, 6.07) is 0.214. The van der Waals surface area contributed by atoms with Gasteiger partial charge in [0, 0.05) is 43.8 Å². The Morgan fingerprint density at radius 1 is 1.27 bits per heavy atom. The molecule has 0 saturated carbocycles. The molecule has 3 N–H and O–H groups in total. The molecular weight excluding hydrogens is 565 g/mol. The van der Waals surface area contributed by atoms with Crippen molar-refractivity contribution in [3.05, 3.63) is 56.5 Å². The first-order chi connectivity index (χ1) is 18.9. The van der Waals surface area contributed by atoms with Gasteiger partial charge in [-0.15, -0.1) is 0 Å². The van der Waals surface area contributed by atoms with Crippen LogP contribution in [0.5, 0.6) is 6.01 Å². The number of hydrogen-bond acceptors (Lipinski definition) is 8. The lowest BCUT2D eigenvalue weighted by atomic mass is 9.93. The van der Waals surface area contributed by atoms with Gasteiger partial charge < -0.3 is 25.4 Å². The summed E-state index contributed by atoms with van der Waals surface area (Å²) in [6.07, 6.45) is -6.48. The fourth-order valence-electron chi connectivity index (χ4n) is 4.95. The van der Waals surface area contributed by atoms with Gasteiger partial charge in [0.25, 0.3) is 5.91 Å². The molecule has 2 aliphatic rings. The van der Waals surface area contributed by atoms with Gasteiger partial charge in [-0.3, -0.25) is 9.48 Å². The van der Waals surface area contributed by atoms with Gasteiger partial charge in [0.2, 0.25) is 0 Å². The third-order valence-electron chi connectivity index (χ3n) is 6.80. The van der Waals surface area contributed by atoms with E-state index in [0.717, 1.165) is 0 Å². The number of nitrogens with one attached hydrogen (secondary N) is 1. The standard InChI is InChI=1S/C24H23ClF5N7O3/c1-32-22(38)20-18(25)14-8-36(4-3-5-37(14)35-20)21-10-9-40-15(7-13(10)33-23(34-21)39-2)16-17(24(28,29)30)11(26)6-12(31)19(16)27/h6,15H,3-5,7-9,31H2,1-2H3,(H,32,38). The van der Waals surface area contributed by atoms with Crippen LogP contribution in [0.1, 0.15) is 51.1 Å². The molecule has 0 spiro atoms. The molecule has 40 heavy (non-hydrogen) atoms. The summed E-state index contributed by atoms with van der Waals surface area (Å²) in [6.45, 7) is 0.815. The lowest BCUT2D eigenvalue weighted by Crippen LogP contribution is -2.29. The molecule has 0 radical (unpaired) electrons. The van der Waals surface area contributed by atoms with Crippen molar-refractivity contribution in [2.24, 2.45) is 0 Å². The number of aromatic nitrogens is 4. The van der Waals surface area contributed by atoms with Crippen LogP contribution >= 0.6 is 11.6 Å². The molecule has 2 aliphatic heterocycles. The van der Waals surface area contributed by atoms with Crippen LogP contribution in [0.3, 0.4) is 0 Å². The molecule has 1 atom stereocenters. The van der Waals surface area contributed by atoms with Crippen molar-refractivity contribution in [1.82, 2.24) is 25.1 Å². The molecule has 3 aromatic rings. The van der Waals surface area contributed by atoms with Crippen molar-refractivity contribution in [3.8, 4) is 6.01 Å². The summed E-state index contributed by atoms with van der Waals surface area (Å²) in [7, 11) is 2.78. The number of fused-ring (bicyclic) bond motifs is 2. The number of halogens is 6. The first-order valence-corrected chi connectivity index (χ1v) is 12.4. The second-order valence-electron chi connectivity index (χ2n) is 9.20. The van der Waals surface area contributed by atoms with Crippen LogP contribution in [0.2, 0.25) is 5.02 Å². The second kappa shape index (κ2) is 10.4. The number of ether oxygens (including phenoxy) is 2. The highest BCUT2D eigenvalue weighted by Crippen LogP contribution is 2.44. The number of aryl methyl sites for hydroxylation is 1. The number of nitrogen functional groups attached to an aromatic ring is 1. The number of hydrogen-bond donors (Lipinski definition) is 2. The average molecular weight is 588 g/mol. The minimum atomic E-state index is -5.20. The lowest BCUT2D eigenvalue weighted by molar-refractivity contribution is -0.142. The van der Waals surface area contributed by atoms with E-state index in [0.29, 0.717) is 42.7 Å². The number of carbonyl (C=O) groups excluding carboxylic acids is 1. The van der Waals surface area contributed by atoms with Crippen molar-refractivity contribution < 1.29 is 36.2 Å². The summed E-state index contributed by atoms with van der Waals surface area (Å²) in [4.78, 5) is 22.8. The normalized spacial score (nSPS) is 17.2. The smallest absolute Gasteiger partial charge is 0.419 e. The molecular formula is C24H23ClF5N7O3. The highest BCUT2D eigenvalue weighted by atomic mass is 35.5. The van der Waals surface area contributed by atoms with Gasteiger partial charge in [0.15, 0.2) is 11.5 Å². The Kier molecular flexibility index (Phi) is 7.20. The zero-order chi connectivity index (χ0) is 28.9. The monoisotopic (exact) mass is 587 g/mol. The summed E-state index contributed by atoms with van der Waals surface area (Å²) in [5.41, 5.74) is 3.20. The third-order valence-corrected chi connectivity index (χ3v) is 7.20. The molecule has 0 saturated heterocycles. The van der Waals surface area contributed by atoms with Crippen LogP contribution in [0.25, 0.3) is 0 Å². The Labute approximate surface area is 229 Å². The fraction of sp³-hybridized carbons (Fsp3) is 0.417. The molecule has 1 aromatic carbocycles. The third kappa shape index (κ3) is 4.76. The van der Waals surface area contributed by atoms with Crippen LogP contribution in [-0.2, 0) is 37.0 Å². The Hall–Kier alpha value is -3.72. The molecule has 4 heterocycles. The maximum absolute atomic E-state index is 15.0. The molecule has 1 unspecified atom stereocenters. The van der Waals surface area contributed by atoms with Gasteiger partial charge in [-0.05, 0) is 6.42 Å². The number of methoxy groups -OCH3 is 1. The van der Waals surface area contributed by atoms with E-state index in [-0.39, 0.29) is 42.0 Å². The molecule has 16 heteroatoms. The summed E-state index contributed by atoms with van der Waals surface area (Å²) in [5, 5.41) is 6.99. The van der Waals surface area contributed by atoms with Crippen LogP contribution in [0.15, 0.2) is 6.07 Å². The fourth-order valence-corrected chi connectivity index (χ4v) is 5.23. The van der Waals surface area contributed by atoms with Gasteiger partial charge in [-0.25, -0.2) is 8.78 Å². The Bertz CT molecular complexity index is 1500. The number of amides is 1. The minimum Gasteiger partial charge on any atom is -0.467 e. The van der Waals surface area contributed by atoms with Crippen molar-refractivity contribution in [3.63, 3.8) is 0 Å². The lowest BCUT2D eigenvalue weighted by Gasteiger charge is -2.31. The molecule has 5 rings (SSSR count). The Morgan fingerprint density at radius 2 is 2.02 bits per heavy atom. The van der Waals surface area contributed by atoms with Gasteiger partial charge in [0.1, 0.15) is 17.2 Å². The Morgan fingerprint density at radius 3 is 2.70 bits per heavy atom. The zero-order valence-corrected chi connectivity index (χ0v) is 22.0. The van der Waals surface area contributed by atoms with E-state index < -0.39 is 46.6 Å². The second-order valence-corrected chi connectivity index (χ2v) is 9.58. The summed E-state index contributed by atoms with van der Waals surface area (Å²) < 4.78 is 83.3. The molecule has 0 aliphatic carbocycles. The van der Waals surface area contributed by atoms with Gasteiger partial charge >= 0.3 is 12.2 Å². The van der Waals surface area contributed by atoms with E-state index in [1.165, 1.54) is 14.2 Å². The van der Waals surface area contributed by atoms with E-state index in [1.54, 1.807) is 4.68 Å². The van der Waals surface area contributed by atoms with Crippen molar-refractivity contribution in [2.45, 2.75) is 44.8 Å². The molecule has 10 nitrogen and oxygen atoms in total. The van der Waals surface area contributed by atoms with Crippen LogP contribution in [0, 0.1) is 11.6 Å². The SMILES string of the molecule is CNC(=O)c1nn2c(c1Cl)CN(c1nc(OC)nc3c1COC(c1c(F)c(N)cc(F)c1C(F)(F)F)C3)CCC2. The number of anilines is 2. The van der Waals surface area contributed by atoms with Crippen molar-refractivity contribution in [1.29, 1.82) is 0 Å². The average Bonchev–Trinajstić information content (AvgIpc) is 3.07. The predicted molar refractivity (Wildman–Crippen MR) is 132 cm³/mol. The number of benzene rings is 1. The number of nitrogens with zero attached hydrogens (tertiary/aromatic N) is 5. The molecule has 2 aromatic heterocycles. The molecule has 0 bridgehead atoms. The van der Waals surface area contributed by atoms with E-state index in [1.807, 2.05) is 4.90 Å². The van der Waals surface area contributed by atoms with E-state index >= 15 is 0 Å². The first kappa shape index (κ1) is 27.8. The van der Waals surface area contributed by atoms with Crippen LogP contribution in [0.4, 0.5) is 33.5 Å². The minimum absolute atomic E-state index is 0.0753. The maximum atomic E-state index is 15.0.